The molecular formula is C47H80N8O14. The fourth-order valence-electron chi connectivity index (χ4n) is 5.05. The van der Waals surface area contributed by atoms with Crippen LogP contribution in [-0.2, 0) is 33.6 Å². The number of carboxylic acid groups (broad SMARTS) is 7. The Bertz CT molecular complexity index is 1890. The highest BCUT2D eigenvalue weighted by atomic mass is 16.4. The van der Waals surface area contributed by atoms with Crippen molar-refractivity contribution in [3.63, 3.8) is 0 Å². The van der Waals surface area contributed by atoms with Crippen LogP contribution in [0.3, 0.4) is 0 Å². The summed E-state index contributed by atoms with van der Waals surface area (Å²) in [6, 6.07) is 20.4. The minimum Gasteiger partial charge on any atom is -0.480 e. The van der Waals surface area contributed by atoms with E-state index in [-0.39, 0.29) is 31.6 Å². The second-order valence-corrected chi connectivity index (χ2v) is 15.2. The van der Waals surface area contributed by atoms with Gasteiger partial charge in [0.1, 0.15) is 36.8 Å². The van der Waals surface area contributed by atoms with Crippen LogP contribution in [0.15, 0.2) is 72.8 Å². The van der Waals surface area contributed by atoms with Crippen molar-refractivity contribution in [2.24, 2.45) is 23.3 Å². The first-order valence-electron chi connectivity index (χ1n) is 22.0. The zero-order valence-electron chi connectivity index (χ0n) is 41.8. The lowest BCUT2D eigenvalue weighted by atomic mass is 10.00. The number of rotatable bonds is 21. The Labute approximate surface area is 405 Å². The van der Waals surface area contributed by atoms with Crippen molar-refractivity contribution < 1.29 is 69.3 Å². The number of nitrogens with two attached hydrogens (primary N) is 2. The minimum atomic E-state index is -0.910. The third-order valence-electron chi connectivity index (χ3n) is 9.28. The molecule has 0 fully saturated rings. The number of carbonyl (C=O) groups is 7. The molecule has 3 aromatic rings. The number of anilines is 2. The number of nitrogens with zero attached hydrogens (tertiary/aromatic N) is 1. The predicted octanol–water partition coefficient (Wildman–Crippen LogP) is 3.41. The summed E-state index contributed by atoms with van der Waals surface area (Å²) < 4.78 is 0. The van der Waals surface area contributed by atoms with E-state index in [0.717, 1.165) is 35.0 Å². The van der Waals surface area contributed by atoms with E-state index in [1.807, 2.05) is 107 Å². The summed E-state index contributed by atoms with van der Waals surface area (Å²) in [7, 11) is 6.52. The van der Waals surface area contributed by atoms with E-state index >= 15 is 0 Å². The standard InChI is InChI=1S/C13H13NO2.C9H12N2O2.C7H15NO2.C6H13NO2.C5H11NO2.C4H9NO2.C3H7NO2/c1-9(13(15)16)14-12-8-4-6-10-5-2-3-7-11(10)12;10-7-11(6-9(12)13)8-4-2-1-3-5-8;1-4-5(2)6(8-3)7(9)10;1-4(2)5(7-3)6(8)9;1-2-3-4(6)5(7)8;1-3(5-2)4(6)7;1-4-2-3(5)6/h2-9,14H,1H3,(H,15,16);1-5H,6-7,10H2,(H,12,13);5-6,8H,4H2,1-3H3,(H,9,10);4-5,7H,1-3H3,(H,8,9);4H,2-3,6H2,1H3,(H,7,8);3,5H,1-2H3,(H,6,7);4H,2H2,1H3,(H,5,6). The number of para-hydroxylation sites is 1. The molecule has 3 aromatic carbocycles. The van der Waals surface area contributed by atoms with Gasteiger partial charge in [-0.15, -0.1) is 0 Å². The van der Waals surface area contributed by atoms with Crippen LogP contribution in [0, 0.1) is 11.8 Å². The van der Waals surface area contributed by atoms with Crippen LogP contribution in [0.5, 0.6) is 0 Å². The molecule has 0 amide bonds. The summed E-state index contributed by atoms with van der Waals surface area (Å²) in [6.45, 7) is 12.9. The maximum Gasteiger partial charge on any atom is 0.325 e. The zero-order chi connectivity index (χ0) is 54.2. The SMILES string of the molecule is CC(Nc1cccc2ccccc12)C(=O)O.CCC(C)C(NC)C(=O)O.CCCC(N)C(=O)O.CNC(C(=O)O)C(C)C.CNC(C)C(=O)O.CNCC(=O)O.NCN(CC(=O)O)c1ccccc1. The van der Waals surface area contributed by atoms with Crippen molar-refractivity contribution in [1.82, 2.24) is 21.3 Å². The van der Waals surface area contributed by atoms with Gasteiger partial charge in [0.05, 0.1) is 13.2 Å². The molecule has 0 saturated heterocycles. The average Bonchev–Trinajstić information content (AvgIpc) is 3.29. The van der Waals surface area contributed by atoms with Crippen LogP contribution in [0.25, 0.3) is 10.8 Å². The molecule has 0 aliphatic heterocycles. The summed E-state index contributed by atoms with van der Waals surface area (Å²) in [4.78, 5) is 73.0. The molecule has 0 spiro atoms. The quantitative estimate of drug-likeness (QED) is 0.0680. The summed E-state index contributed by atoms with van der Waals surface area (Å²) in [5.74, 6) is -5.49. The number of carboxylic acids is 7. The first kappa shape index (κ1) is 69.1. The highest BCUT2D eigenvalue weighted by Crippen LogP contribution is 2.23. The third kappa shape index (κ3) is 35.4. The largest absolute Gasteiger partial charge is 0.480 e. The van der Waals surface area contributed by atoms with Gasteiger partial charge in [0, 0.05) is 16.8 Å². The average molecular weight is 981 g/mol. The minimum absolute atomic E-state index is 0.0417. The van der Waals surface area contributed by atoms with E-state index in [4.69, 9.17) is 47.2 Å². The molecule has 0 radical (unpaired) electrons. The Morgan fingerprint density at radius 2 is 1.09 bits per heavy atom. The smallest absolute Gasteiger partial charge is 0.325 e. The van der Waals surface area contributed by atoms with Crippen molar-refractivity contribution in [3.8, 4) is 0 Å². The molecule has 6 atom stereocenters. The van der Waals surface area contributed by atoms with Gasteiger partial charge in [-0.2, -0.15) is 0 Å². The van der Waals surface area contributed by atoms with Crippen molar-refractivity contribution in [2.45, 2.75) is 97.9 Å². The Hall–Kier alpha value is -6.43. The molecule has 0 aromatic heterocycles. The van der Waals surface area contributed by atoms with Crippen molar-refractivity contribution in [2.75, 3.05) is 58.2 Å². The fourth-order valence-corrected chi connectivity index (χ4v) is 5.05. The highest BCUT2D eigenvalue weighted by Gasteiger charge is 2.20. The molecule has 22 nitrogen and oxygen atoms in total. The van der Waals surface area contributed by atoms with Gasteiger partial charge in [0.15, 0.2) is 0 Å². The molecule has 69 heavy (non-hydrogen) atoms. The van der Waals surface area contributed by atoms with Crippen molar-refractivity contribution >= 4 is 63.9 Å². The number of likely N-dealkylation sites (N-methyl/N-ethyl adjacent to an activating group) is 4. The van der Waals surface area contributed by atoms with Crippen molar-refractivity contribution in [3.05, 3.63) is 72.8 Å². The van der Waals surface area contributed by atoms with E-state index in [1.165, 1.54) is 0 Å². The molecule has 0 bridgehead atoms. The number of benzene rings is 3. The van der Waals surface area contributed by atoms with E-state index < -0.39 is 72.0 Å². The van der Waals surface area contributed by atoms with Gasteiger partial charge >= 0.3 is 41.8 Å². The second-order valence-electron chi connectivity index (χ2n) is 15.2. The van der Waals surface area contributed by atoms with Crippen LogP contribution >= 0.6 is 0 Å². The van der Waals surface area contributed by atoms with Gasteiger partial charge in [-0.25, -0.2) is 0 Å². The van der Waals surface area contributed by atoms with Crippen LogP contribution in [0.1, 0.15) is 67.7 Å². The van der Waals surface area contributed by atoms with E-state index in [9.17, 15) is 33.6 Å². The molecule has 3 rings (SSSR count). The van der Waals surface area contributed by atoms with E-state index in [2.05, 4.69) is 26.6 Å². The van der Waals surface area contributed by atoms with Gasteiger partial charge in [-0.05, 0) is 83.9 Å². The fraction of sp³-hybridized carbons (Fsp3) is 0.511. The van der Waals surface area contributed by atoms with Gasteiger partial charge < -0.3 is 78.7 Å². The number of fused-ring (bicyclic) bond motifs is 1. The summed E-state index contributed by atoms with van der Waals surface area (Å²) in [5, 5.41) is 74.3. The number of hydrogen-bond acceptors (Lipinski definition) is 15. The van der Waals surface area contributed by atoms with Crippen LogP contribution in [-0.4, -0.2) is 156 Å². The van der Waals surface area contributed by atoms with Gasteiger partial charge in [0.2, 0.25) is 0 Å². The van der Waals surface area contributed by atoms with E-state index in [1.54, 1.807) is 46.9 Å². The number of nitrogens with one attached hydrogen (secondary N) is 5. The lowest BCUT2D eigenvalue weighted by molar-refractivity contribution is -0.141. The Balaban J connectivity index is -0.000000367. The lowest BCUT2D eigenvalue weighted by Gasteiger charge is -2.19. The zero-order valence-corrected chi connectivity index (χ0v) is 41.8. The molecule has 22 heteroatoms. The summed E-state index contributed by atoms with van der Waals surface area (Å²) in [6.07, 6.45) is 2.28. The third-order valence-corrected chi connectivity index (χ3v) is 9.28. The molecule has 0 aliphatic carbocycles. The molecule has 6 unspecified atom stereocenters. The van der Waals surface area contributed by atoms with E-state index in [0.29, 0.717) is 6.42 Å². The second kappa shape index (κ2) is 41.7. The molecular weight excluding hydrogens is 901 g/mol. The molecule has 392 valence electrons. The Morgan fingerprint density at radius 1 is 0.594 bits per heavy atom. The molecule has 0 aliphatic rings. The summed E-state index contributed by atoms with van der Waals surface area (Å²) >= 11 is 0. The maximum atomic E-state index is 10.8. The lowest BCUT2D eigenvalue weighted by Crippen LogP contribution is -2.39. The predicted molar refractivity (Wildman–Crippen MR) is 269 cm³/mol. The van der Waals surface area contributed by atoms with Crippen LogP contribution < -0.4 is 43.0 Å². The van der Waals surface area contributed by atoms with Gasteiger partial charge in [-0.3, -0.25) is 33.6 Å². The normalized spacial score (nSPS) is 12.4. The first-order valence-corrected chi connectivity index (χ1v) is 22.0. The van der Waals surface area contributed by atoms with Crippen LogP contribution in [0.4, 0.5) is 11.4 Å². The monoisotopic (exact) mass is 981 g/mol. The van der Waals surface area contributed by atoms with Crippen LogP contribution in [0.2, 0.25) is 0 Å². The van der Waals surface area contributed by atoms with Crippen molar-refractivity contribution in [1.29, 1.82) is 0 Å². The highest BCUT2D eigenvalue weighted by molar-refractivity contribution is 5.95. The molecule has 0 heterocycles. The Kier molecular flexibility index (Phi) is 41.8. The number of aliphatic carboxylic acids is 7. The van der Waals surface area contributed by atoms with Gasteiger partial charge in [0.25, 0.3) is 0 Å². The topological polar surface area (TPSA) is 377 Å². The maximum absolute atomic E-state index is 10.8. The Morgan fingerprint density at radius 3 is 1.38 bits per heavy atom. The van der Waals surface area contributed by atoms with Gasteiger partial charge in [-0.1, -0.05) is 102 Å². The summed E-state index contributed by atoms with van der Waals surface area (Å²) in [5.41, 5.74) is 12.2. The first-order chi connectivity index (χ1) is 32.3. The molecule has 0 saturated carbocycles. The number of hydrogen-bond donors (Lipinski definition) is 14. The molecule has 16 N–H and O–H groups in total.